The van der Waals surface area contributed by atoms with Gasteiger partial charge in [0.1, 0.15) is 0 Å². The predicted molar refractivity (Wildman–Crippen MR) is 94.3 cm³/mol. The van der Waals surface area contributed by atoms with Crippen LogP contribution in [0.5, 0.6) is 0 Å². The van der Waals surface area contributed by atoms with Gasteiger partial charge in [-0.2, -0.15) is 5.48 Å². The third kappa shape index (κ3) is 6.14. The van der Waals surface area contributed by atoms with Gasteiger partial charge in [-0.1, -0.05) is 60.7 Å². The van der Waals surface area contributed by atoms with Crippen LogP contribution in [0.2, 0.25) is 0 Å². The topological polar surface area (TPSA) is 58.6 Å². The van der Waals surface area contributed by atoms with Gasteiger partial charge >= 0.3 is 5.97 Å². The molecule has 24 heavy (non-hydrogen) atoms. The van der Waals surface area contributed by atoms with Crippen molar-refractivity contribution in [2.75, 3.05) is 0 Å². The van der Waals surface area contributed by atoms with Crippen molar-refractivity contribution in [3.63, 3.8) is 0 Å². The minimum atomic E-state index is -0.786. The summed E-state index contributed by atoms with van der Waals surface area (Å²) < 4.78 is 0. The number of aliphatic carboxylic acids is 1. The molecule has 0 aliphatic carbocycles. The fourth-order valence-electron chi connectivity index (χ4n) is 2.67. The Morgan fingerprint density at radius 3 is 2.21 bits per heavy atom. The number of carbonyl (C=O) groups is 1. The minimum Gasteiger partial charge on any atom is -0.481 e. The summed E-state index contributed by atoms with van der Waals surface area (Å²) in [7, 11) is 0. The summed E-state index contributed by atoms with van der Waals surface area (Å²) >= 11 is 0. The number of carboxylic acid groups (broad SMARTS) is 1. The van der Waals surface area contributed by atoms with Crippen LogP contribution in [-0.2, 0) is 22.7 Å². The zero-order valence-electron chi connectivity index (χ0n) is 14.0. The molecule has 2 aromatic rings. The van der Waals surface area contributed by atoms with Crippen molar-refractivity contribution >= 4 is 5.97 Å². The Morgan fingerprint density at radius 1 is 1.04 bits per heavy atom. The molecule has 2 rings (SSSR count). The highest BCUT2D eigenvalue weighted by atomic mass is 16.6. The molecule has 4 nitrogen and oxygen atoms in total. The molecule has 0 fully saturated rings. The Bertz CT molecular complexity index is 601. The third-order valence-electron chi connectivity index (χ3n) is 4.10. The van der Waals surface area contributed by atoms with Gasteiger partial charge in [0.05, 0.1) is 12.5 Å². The van der Waals surface area contributed by atoms with E-state index in [1.807, 2.05) is 55.5 Å². The molecule has 0 saturated heterocycles. The van der Waals surface area contributed by atoms with E-state index < -0.39 is 11.9 Å². The highest BCUT2D eigenvalue weighted by Crippen LogP contribution is 2.15. The highest BCUT2D eigenvalue weighted by Gasteiger charge is 2.24. The zero-order chi connectivity index (χ0) is 17.2. The molecule has 0 aromatic heterocycles. The predicted octanol–water partition coefficient (Wildman–Crippen LogP) is 3.82. The third-order valence-corrected chi connectivity index (χ3v) is 4.10. The van der Waals surface area contributed by atoms with E-state index in [-0.39, 0.29) is 6.04 Å². The quantitative estimate of drug-likeness (QED) is 0.651. The van der Waals surface area contributed by atoms with E-state index in [1.54, 1.807) is 0 Å². The Hall–Kier alpha value is -2.17. The second-order valence-corrected chi connectivity index (χ2v) is 6.00. The average molecular weight is 327 g/mol. The van der Waals surface area contributed by atoms with Crippen molar-refractivity contribution in [3.8, 4) is 0 Å². The first-order valence-electron chi connectivity index (χ1n) is 8.35. The van der Waals surface area contributed by atoms with Crippen molar-refractivity contribution in [2.24, 2.45) is 5.92 Å². The smallest absolute Gasteiger partial charge is 0.308 e. The number of rotatable bonds is 10. The summed E-state index contributed by atoms with van der Waals surface area (Å²) in [5.41, 5.74) is 5.17. The van der Waals surface area contributed by atoms with Crippen molar-refractivity contribution in [2.45, 2.75) is 38.8 Å². The van der Waals surface area contributed by atoms with E-state index in [0.717, 1.165) is 18.4 Å². The lowest BCUT2D eigenvalue weighted by Gasteiger charge is -2.21. The number of nitrogens with one attached hydrogen (secondary N) is 1. The monoisotopic (exact) mass is 327 g/mol. The molecule has 0 amide bonds. The summed E-state index contributed by atoms with van der Waals surface area (Å²) in [6, 6.07) is 19.7. The molecule has 2 atom stereocenters. The van der Waals surface area contributed by atoms with Gasteiger partial charge in [-0.15, -0.1) is 0 Å². The maximum absolute atomic E-state index is 11.5. The van der Waals surface area contributed by atoms with Crippen LogP contribution < -0.4 is 5.48 Å². The van der Waals surface area contributed by atoms with Crippen molar-refractivity contribution < 1.29 is 14.7 Å². The molecule has 128 valence electrons. The number of carboxylic acids is 1. The van der Waals surface area contributed by atoms with Crippen LogP contribution >= 0.6 is 0 Å². The Balaban J connectivity index is 1.75. The fraction of sp³-hybridized carbons (Fsp3) is 0.350. The lowest BCUT2D eigenvalue weighted by molar-refractivity contribution is -0.145. The lowest BCUT2D eigenvalue weighted by Crippen LogP contribution is -2.37. The molecule has 0 saturated carbocycles. The van der Waals surface area contributed by atoms with Crippen LogP contribution in [0, 0.1) is 5.92 Å². The van der Waals surface area contributed by atoms with E-state index >= 15 is 0 Å². The zero-order valence-corrected chi connectivity index (χ0v) is 14.0. The van der Waals surface area contributed by atoms with Crippen LogP contribution in [0.25, 0.3) is 0 Å². The van der Waals surface area contributed by atoms with Crippen LogP contribution in [-0.4, -0.2) is 17.1 Å². The first kappa shape index (κ1) is 18.2. The van der Waals surface area contributed by atoms with Crippen LogP contribution in [0.4, 0.5) is 0 Å². The Kier molecular flexibility index (Phi) is 7.46. The summed E-state index contributed by atoms with van der Waals surface area (Å²) in [6.07, 6.45) is 2.35. The van der Waals surface area contributed by atoms with Crippen molar-refractivity contribution in [1.82, 2.24) is 5.48 Å². The van der Waals surface area contributed by atoms with E-state index in [0.29, 0.717) is 13.0 Å². The number of hydroxylamine groups is 1. The van der Waals surface area contributed by atoms with E-state index in [4.69, 9.17) is 4.84 Å². The second kappa shape index (κ2) is 9.85. The van der Waals surface area contributed by atoms with Gasteiger partial charge in [0.2, 0.25) is 0 Å². The molecule has 0 aliphatic heterocycles. The molecular formula is C20H25NO3. The van der Waals surface area contributed by atoms with Gasteiger partial charge in [0.25, 0.3) is 0 Å². The standard InChI is InChI=1S/C20H25NO3/c1-16(21-24-15-18-11-6-3-7-12-18)19(20(22)23)14-8-13-17-9-4-2-5-10-17/h2-7,9-12,16,19,21H,8,13-15H2,1H3,(H,22,23)/t16-,19?/m0/s1. The molecule has 2 N–H and O–H groups in total. The van der Waals surface area contributed by atoms with Gasteiger partial charge in [0, 0.05) is 6.04 Å². The van der Waals surface area contributed by atoms with E-state index in [9.17, 15) is 9.90 Å². The van der Waals surface area contributed by atoms with Crippen molar-refractivity contribution in [3.05, 3.63) is 71.8 Å². The van der Waals surface area contributed by atoms with Gasteiger partial charge < -0.3 is 5.11 Å². The van der Waals surface area contributed by atoms with E-state index in [2.05, 4.69) is 17.6 Å². The SMILES string of the molecule is C[C@H](NOCc1ccccc1)C(CCCc1ccccc1)C(=O)O. The first-order chi connectivity index (χ1) is 11.7. The first-order valence-corrected chi connectivity index (χ1v) is 8.35. The normalized spacial score (nSPS) is 13.4. The van der Waals surface area contributed by atoms with Crippen molar-refractivity contribution in [1.29, 1.82) is 0 Å². The summed E-state index contributed by atoms with van der Waals surface area (Å²) in [5, 5.41) is 9.46. The van der Waals surface area contributed by atoms with Gasteiger partial charge in [-0.25, -0.2) is 0 Å². The molecule has 0 radical (unpaired) electrons. The van der Waals surface area contributed by atoms with Gasteiger partial charge in [0.15, 0.2) is 0 Å². The number of aryl methyl sites for hydroxylation is 1. The molecule has 0 heterocycles. The molecule has 0 bridgehead atoms. The number of benzene rings is 2. The second-order valence-electron chi connectivity index (χ2n) is 6.00. The number of hydrogen-bond acceptors (Lipinski definition) is 3. The Labute approximate surface area is 143 Å². The molecule has 0 aliphatic rings. The summed E-state index contributed by atoms with van der Waals surface area (Å²) in [5.74, 6) is -1.25. The largest absolute Gasteiger partial charge is 0.481 e. The van der Waals surface area contributed by atoms with Crippen LogP contribution in [0.15, 0.2) is 60.7 Å². The molecular weight excluding hydrogens is 302 g/mol. The lowest BCUT2D eigenvalue weighted by atomic mass is 9.94. The van der Waals surface area contributed by atoms with E-state index in [1.165, 1.54) is 5.56 Å². The van der Waals surface area contributed by atoms with Gasteiger partial charge in [-0.05, 0) is 37.3 Å². The van der Waals surface area contributed by atoms with Gasteiger partial charge in [-0.3, -0.25) is 9.63 Å². The molecule has 1 unspecified atom stereocenters. The van der Waals surface area contributed by atoms with Crippen LogP contribution in [0.1, 0.15) is 30.9 Å². The molecule has 2 aromatic carbocycles. The van der Waals surface area contributed by atoms with Crippen LogP contribution in [0.3, 0.4) is 0 Å². The fourth-order valence-corrected chi connectivity index (χ4v) is 2.67. The molecule has 4 heteroatoms. The average Bonchev–Trinajstić information content (AvgIpc) is 2.60. The highest BCUT2D eigenvalue weighted by molar-refractivity contribution is 5.70. The maximum atomic E-state index is 11.5. The summed E-state index contributed by atoms with van der Waals surface area (Å²) in [4.78, 5) is 17.0. The maximum Gasteiger partial charge on any atom is 0.308 e. The number of hydrogen-bond donors (Lipinski definition) is 2. The molecule has 0 spiro atoms. The Morgan fingerprint density at radius 2 is 1.62 bits per heavy atom. The summed E-state index contributed by atoms with van der Waals surface area (Å²) in [6.45, 7) is 2.27. The minimum absolute atomic E-state index is 0.248.